The molecule has 4 heteroatoms. The molecule has 0 aromatic heterocycles. The highest BCUT2D eigenvalue weighted by Gasteiger charge is 2.37. The average Bonchev–Trinajstić information content (AvgIpc) is 3.06. The minimum atomic E-state index is -0.0497. The Balaban J connectivity index is 1.48. The van der Waals surface area contributed by atoms with Crippen LogP contribution in [0.5, 0.6) is 0 Å². The van der Waals surface area contributed by atoms with Crippen LogP contribution < -0.4 is 0 Å². The Morgan fingerprint density at radius 1 is 1.24 bits per heavy atom. The van der Waals surface area contributed by atoms with Gasteiger partial charge < -0.3 is 4.90 Å². The number of hydrogen-bond donors (Lipinski definition) is 0. The number of rotatable bonds is 5. The van der Waals surface area contributed by atoms with Crippen molar-refractivity contribution in [3.63, 3.8) is 0 Å². The van der Waals surface area contributed by atoms with Gasteiger partial charge in [-0.25, -0.2) is 9.38 Å². The summed E-state index contributed by atoms with van der Waals surface area (Å²) in [5, 5.41) is 0. The first-order valence-corrected chi connectivity index (χ1v) is 10.7. The Kier molecular flexibility index (Phi) is 6.43. The summed E-state index contributed by atoms with van der Waals surface area (Å²) < 4.78 is 13.9. The van der Waals surface area contributed by atoms with Crippen molar-refractivity contribution in [2.75, 3.05) is 18.8 Å². The van der Waals surface area contributed by atoms with Crippen LogP contribution in [0.1, 0.15) is 65.2 Å². The molecule has 1 spiro atoms. The van der Waals surface area contributed by atoms with Gasteiger partial charge >= 0.3 is 0 Å². The van der Waals surface area contributed by atoms with Gasteiger partial charge in [-0.05, 0) is 69.9 Å². The van der Waals surface area contributed by atoms with Crippen molar-refractivity contribution >= 4 is 18.0 Å². The Hall–Kier alpha value is -1.03. The standard InChI is InChI=1S/C21H31FN2S/c1-3-20(24-13-10-21(11-14-24)8-4-5-9-21)23-12-15-25-19-7-6-17(2)16-18(19)22/h3,12,16H,4-11,13-15H2,1-2H3/b20-3+,23-12-. The Morgan fingerprint density at radius 3 is 2.60 bits per heavy atom. The molecule has 3 rings (SSSR count). The third-order valence-electron chi connectivity index (χ3n) is 6.01. The third kappa shape index (κ3) is 4.78. The van der Waals surface area contributed by atoms with Crippen molar-refractivity contribution in [1.82, 2.24) is 4.90 Å². The maximum Gasteiger partial charge on any atom is 0.132 e. The number of hydrogen-bond acceptors (Lipinski definition) is 3. The van der Waals surface area contributed by atoms with Gasteiger partial charge in [-0.15, -0.1) is 11.8 Å². The highest BCUT2D eigenvalue weighted by molar-refractivity contribution is 8.03. The van der Waals surface area contributed by atoms with Crippen LogP contribution in [-0.4, -0.2) is 30.0 Å². The van der Waals surface area contributed by atoms with E-state index >= 15 is 0 Å². The van der Waals surface area contributed by atoms with E-state index in [0.29, 0.717) is 5.41 Å². The first-order chi connectivity index (χ1) is 12.1. The van der Waals surface area contributed by atoms with Gasteiger partial charge in [0.1, 0.15) is 11.6 Å². The summed E-state index contributed by atoms with van der Waals surface area (Å²) in [5.74, 6) is 1.78. The molecule has 1 saturated heterocycles. The molecule has 1 heterocycles. The van der Waals surface area contributed by atoms with Crippen LogP contribution in [0.25, 0.3) is 0 Å². The van der Waals surface area contributed by atoms with Gasteiger partial charge in [-0.3, -0.25) is 0 Å². The summed E-state index contributed by atoms with van der Waals surface area (Å²) in [6.45, 7) is 6.33. The maximum atomic E-state index is 13.9. The molecule has 2 nitrogen and oxygen atoms in total. The van der Waals surface area contributed by atoms with Crippen molar-refractivity contribution in [3.8, 4) is 0 Å². The van der Waals surface area contributed by atoms with E-state index in [0.717, 1.165) is 48.0 Å². The topological polar surface area (TPSA) is 15.6 Å². The molecule has 138 valence electrons. The molecule has 3 aliphatic rings. The second-order valence-electron chi connectivity index (χ2n) is 7.73. The zero-order valence-corrected chi connectivity index (χ0v) is 16.5. The van der Waals surface area contributed by atoms with E-state index in [2.05, 4.69) is 22.9 Å². The zero-order chi connectivity index (χ0) is 17.7. The fraction of sp³-hybridized carbons (Fsp3) is 0.667. The highest BCUT2D eigenvalue weighted by atomic mass is 32.2. The molecule has 0 radical (unpaired) electrons. The number of likely N-dealkylation sites (tertiary alicyclic amines) is 1. The number of aliphatic imine (C=N–C) groups is 1. The highest BCUT2D eigenvalue weighted by Crippen LogP contribution is 2.46. The van der Waals surface area contributed by atoms with Crippen LogP contribution in [0.2, 0.25) is 0 Å². The fourth-order valence-corrected chi connectivity index (χ4v) is 5.18. The molecule has 2 fully saturated rings. The Bertz CT molecular complexity index is 587. The minimum Gasteiger partial charge on any atom is -0.357 e. The van der Waals surface area contributed by atoms with E-state index in [9.17, 15) is 4.39 Å². The molecule has 0 atom stereocenters. The first kappa shape index (κ1) is 18.8. The van der Waals surface area contributed by atoms with Gasteiger partial charge in [-0.1, -0.05) is 18.4 Å². The zero-order valence-electron chi connectivity index (χ0n) is 15.7. The van der Waals surface area contributed by atoms with Gasteiger partial charge in [0.2, 0.25) is 0 Å². The van der Waals surface area contributed by atoms with Crippen LogP contribution in [0.15, 0.2) is 39.3 Å². The van der Waals surface area contributed by atoms with E-state index in [1.165, 1.54) is 38.5 Å². The smallest absolute Gasteiger partial charge is 0.132 e. The lowest BCUT2D eigenvalue weighted by atomic mass is 9.77. The van der Waals surface area contributed by atoms with E-state index < -0.39 is 0 Å². The summed E-state index contributed by atoms with van der Waals surface area (Å²) in [4.78, 5) is 7.99. The number of piperidine rings is 1. The molecule has 0 N–H and O–H groups in total. The molecule has 25 heavy (non-hydrogen) atoms. The van der Waals surface area contributed by atoms with Crippen molar-refractivity contribution < 1.29 is 4.39 Å². The SMILES string of the molecule is C/C=C(\N=C/CSC1=C(F)C=C(C)CC1)N1CCC2(CCCC2)CC1. The van der Waals surface area contributed by atoms with E-state index in [1.807, 2.05) is 13.1 Å². The molecule has 2 aliphatic carbocycles. The van der Waals surface area contributed by atoms with Crippen molar-refractivity contribution in [1.29, 1.82) is 0 Å². The monoisotopic (exact) mass is 362 g/mol. The van der Waals surface area contributed by atoms with Crippen molar-refractivity contribution in [2.45, 2.75) is 65.2 Å². The lowest BCUT2D eigenvalue weighted by Crippen LogP contribution is -2.37. The molecule has 1 aliphatic heterocycles. The molecule has 0 aromatic carbocycles. The van der Waals surface area contributed by atoms with Gasteiger partial charge in [0.15, 0.2) is 0 Å². The fourth-order valence-electron chi connectivity index (χ4n) is 4.38. The Morgan fingerprint density at radius 2 is 1.96 bits per heavy atom. The third-order valence-corrected chi connectivity index (χ3v) is 7.08. The second kappa shape index (κ2) is 8.57. The summed E-state index contributed by atoms with van der Waals surface area (Å²) in [5.41, 5.74) is 1.78. The van der Waals surface area contributed by atoms with Gasteiger partial charge in [0.25, 0.3) is 0 Å². The average molecular weight is 363 g/mol. The summed E-state index contributed by atoms with van der Waals surface area (Å²) in [7, 11) is 0. The molecule has 0 bridgehead atoms. The van der Waals surface area contributed by atoms with Crippen molar-refractivity contribution in [2.24, 2.45) is 10.4 Å². The molecule has 1 saturated carbocycles. The second-order valence-corrected chi connectivity index (χ2v) is 8.84. The number of nitrogens with zero attached hydrogens (tertiary/aromatic N) is 2. The molecular formula is C21H31FN2S. The summed E-state index contributed by atoms with van der Waals surface area (Å²) in [6, 6.07) is 0. The minimum absolute atomic E-state index is 0.0497. The molecule has 0 unspecified atom stereocenters. The van der Waals surface area contributed by atoms with Gasteiger partial charge in [0, 0.05) is 30.0 Å². The van der Waals surface area contributed by atoms with E-state index in [1.54, 1.807) is 17.8 Å². The molecule has 0 aromatic rings. The predicted molar refractivity (Wildman–Crippen MR) is 108 cm³/mol. The maximum absolute atomic E-state index is 13.9. The van der Waals surface area contributed by atoms with E-state index in [-0.39, 0.29) is 5.83 Å². The normalized spacial score (nSPS) is 24.5. The van der Waals surface area contributed by atoms with Gasteiger partial charge in [0.05, 0.1) is 0 Å². The molecular weight excluding hydrogens is 331 g/mol. The van der Waals surface area contributed by atoms with Crippen LogP contribution >= 0.6 is 11.8 Å². The van der Waals surface area contributed by atoms with Crippen LogP contribution in [-0.2, 0) is 0 Å². The summed E-state index contributed by atoms with van der Waals surface area (Å²) >= 11 is 1.59. The lowest BCUT2D eigenvalue weighted by molar-refractivity contribution is 0.132. The molecule has 0 amide bonds. The first-order valence-electron chi connectivity index (χ1n) is 9.74. The van der Waals surface area contributed by atoms with Gasteiger partial charge in [-0.2, -0.15) is 0 Å². The van der Waals surface area contributed by atoms with Crippen LogP contribution in [0, 0.1) is 5.41 Å². The van der Waals surface area contributed by atoms with Crippen LogP contribution in [0.4, 0.5) is 4.39 Å². The van der Waals surface area contributed by atoms with Crippen LogP contribution in [0.3, 0.4) is 0 Å². The largest absolute Gasteiger partial charge is 0.357 e. The Labute approximate surface area is 156 Å². The van der Waals surface area contributed by atoms with E-state index in [4.69, 9.17) is 0 Å². The quantitative estimate of drug-likeness (QED) is 0.539. The number of allylic oxidation sites excluding steroid dienone is 5. The predicted octanol–water partition coefficient (Wildman–Crippen LogP) is 6.23. The lowest BCUT2D eigenvalue weighted by Gasteiger charge is -2.40. The summed E-state index contributed by atoms with van der Waals surface area (Å²) in [6.07, 6.45) is 15.9. The number of thioether (sulfide) groups is 1. The van der Waals surface area contributed by atoms with Crippen molar-refractivity contribution in [3.05, 3.63) is 34.3 Å². The number of halogens is 1.